The highest BCUT2D eigenvalue weighted by atomic mass is 35.5. The number of amides is 1. The molecule has 2 N–H and O–H groups in total. The Kier molecular flexibility index (Phi) is 6.50. The molecule has 0 fully saturated rings. The number of anilines is 1. The van der Waals surface area contributed by atoms with Gasteiger partial charge in [0.1, 0.15) is 10.6 Å². The standard InChI is InChI=1S/C18H21ClN2O4S/c1-4-12(2)20-18(22)13-5-10-16(19)17(11-13)26(23,24)21-14-6-8-15(25-3)9-7-14/h5-12,21H,4H2,1-3H3,(H,20,22). The van der Waals surface area contributed by atoms with Crippen molar-refractivity contribution in [3.05, 3.63) is 53.1 Å². The van der Waals surface area contributed by atoms with Gasteiger partial charge in [-0.05, 0) is 55.8 Å². The van der Waals surface area contributed by atoms with Crippen LogP contribution in [0.1, 0.15) is 30.6 Å². The third-order valence-electron chi connectivity index (χ3n) is 3.82. The normalized spacial score (nSPS) is 12.3. The number of halogens is 1. The van der Waals surface area contributed by atoms with Crippen molar-refractivity contribution in [3.63, 3.8) is 0 Å². The molecule has 0 bridgehead atoms. The van der Waals surface area contributed by atoms with Gasteiger partial charge in [-0.15, -0.1) is 0 Å². The van der Waals surface area contributed by atoms with E-state index in [0.29, 0.717) is 11.4 Å². The topological polar surface area (TPSA) is 84.5 Å². The summed E-state index contributed by atoms with van der Waals surface area (Å²) in [7, 11) is -2.43. The Hall–Kier alpha value is -2.25. The zero-order chi connectivity index (χ0) is 19.3. The molecule has 26 heavy (non-hydrogen) atoms. The first-order chi connectivity index (χ1) is 12.3. The fourth-order valence-corrected chi connectivity index (χ4v) is 3.71. The number of carbonyl (C=O) groups is 1. The second-order valence-corrected chi connectivity index (χ2v) is 7.82. The van der Waals surface area contributed by atoms with E-state index in [1.807, 2.05) is 13.8 Å². The fourth-order valence-electron chi connectivity index (χ4n) is 2.13. The van der Waals surface area contributed by atoms with Crippen LogP contribution in [-0.2, 0) is 10.0 Å². The van der Waals surface area contributed by atoms with Crippen molar-refractivity contribution >= 4 is 33.2 Å². The first-order valence-corrected chi connectivity index (χ1v) is 9.90. The molecule has 6 nitrogen and oxygen atoms in total. The zero-order valence-corrected chi connectivity index (χ0v) is 16.3. The van der Waals surface area contributed by atoms with Crippen molar-refractivity contribution in [2.75, 3.05) is 11.8 Å². The lowest BCUT2D eigenvalue weighted by Crippen LogP contribution is -2.32. The molecule has 0 aliphatic rings. The quantitative estimate of drug-likeness (QED) is 0.747. The molecule has 0 aromatic heterocycles. The molecule has 1 atom stereocenters. The van der Waals surface area contributed by atoms with Crippen LogP contribution in [-0.4, -0.2) is 27.5 Å². The summed E-state index contributed by atoms with van der Waals surface area (Å²) in [5.41, 5.74) is 0.584. The second-order valence-electron chi connectivity index (χ2n) is 5.76. The Bertz CT molecular complexity index is 883. The number of benzene rings is 2. The molecule has 2 aromatic carbocycles. The van der Waals surface area contributed by atoms with Crippen LogP contribution in [0.2, 0.25) is 5.02 Å². The van der Waals surface area contributed by atoms with Crippen LogP contribution in [0.5, 0.6) is 5.75 Å². The molecule has 1 amide bonds. The lowest BCUT2D eigenvalue weighted by atomic mass is 10.2. The van der Waals surface area contributed by atoms with Crippen molar-refractivity contribution in [2.45, 2.75) is 31.2 Å². The van der Waals surface area contributed by atoms with Crippen molar-refractivity contribution < 1.29 is 17.9 Å². The van der Waals surface area contributed by atoms with Crippen molar-refractivity contribution in [2.24, 2.45) is 0 Å². The number of sulfonamides is 1. The summed E-state index contributed by atoms with van der Waals surface area (Å²) >= 11 is 6.06. The summed E-state index contributed by atoms with van der Waals surface area (Å²) < 4.78 is 32.8. The average Bonchev–Trinajstić information content (AvgIpc) is 2.62. The molecule has 2 rings (SSSR count). The molecule has 0 saturated carbocycles. The highest BCUT2D eigenvalue weighted by molar-refractivity contribution is 7.92. The molecule has 0 aliphatic heterocycles. The summed E-state index contributed by atoms with van der Waals surface area (Å²) in [6.07, 6.45) is 0.767. The Morgan fingerprint density at radius 2 is 1.85 bits per heavy atom. The van der Waals surface area contributed by atoms with Gasteiger partial charge in [-0.1, -0.05) is 18.5 Å². The Morgan fingerprint density at radius 1 is 1.19 bits per heavy atom. The van der Waals surface area contributed by atoms with Gasteiger partial charge in [0.15, 0.2) is 0 Å². The van der Waals surface area contributed by atoms with Gasteiger partial charge < -0.3 is 10.1 Å². The Balaban J connectivity index is 2.30. The predicted octanol–water partition coefficient (Wildman–Crippen LogP) is 3.68. The van der Waals surface area contributed by atoms with Gasteiger partial charge in [-0.2, -0.15) is 0 Å². The number of ether oxygens (including phenoxy) is 1. The fraction of sp³-hybridized carbons (Fsp3) is 0.278. The molecule has 0 aliphatic carbocycles. The highest BCUT2D eigenvalue weighted by Crippen LogP contribution is 2.26. The molecular formula is C18H21ClN2O4S. The van der Waals surface area contributed by atoms with Crippen LogP contribution in [0.25, 0.3) is 0 Å². The number of hydrogen-bond donors (Lipinski definition) is 2. The highest BCUT2D eigenvalue weighted by Gasteiger charge is 2.21. The van der Waals surface area contributed by atoms with E-state index in [1.165, 1.54) is 25.3 Å². The third-order valence-corrected chi connectivity index (χ3v) is 5.68. The second kappa shape index (κ2) is 8.42. The maximum atomic E-state index is 12.7. The van der Waals surface area contributed by atoms with Gasteiger partial charge >= 0.3 is 0 Å². The molecule has 8 heteroatoms. The van der Waals surface area contributed by atoms with Crippen LogP contribution in [0.15, 0.2) is 47.4 Å². The van der Waals surface area contributed by atoms with Gasteiger partial charge in [-0.3, -0.25) is 9.52 Å². The zero-order valence-electron chi connectivity index (χ0n) is 14.7. The monoisotopic (exact) mass is 396 g/mol. The minimum absolute atomic E-state index is 0.0179. The maximum Gasteiger partial charge on any atom is 0.263 e. The van der Waals surface area contributed by atoms with E-state index in [2.05, 4.69) is 10.0 Å². The van der Waals surface area contributed by atoms with Crippen molar-refractivity contribution in [1.29, 1.82) is 0 Å². The number of nitrogens with one attached hydrogen (secondary N) is 2. The van der Waals surface area contributed by atoms with Gasteiger partial charge in [0.2, 0.25) is 0 Å². The largest absolute Gasteiger partial charge is 0.497 e. The van der Waals surface area contributed by atoms with Crippen molar-refractivity contribution in [3.8, 4) is 5.75 Å². The molecule has 2 aromatic rings. The van der Waals surface area contributed by atoms with Crippen LogP contribution < -0.4 is 14.8 Å². The minimum Gasteiger partial charge on any atom is -0.497 e. The summed E-state index contributed by atoms with van der Waals surface area (Å²) in [4.78, 5) is 12.1. The van der Waals surface area contributed by atoms with E-state index in [0.717, 1.165) is 6.42 Å². The third kappa shape index (κ3) is 4.89. The number of hydrogen-bond acceptors (Lipinski definition) is 4. The van der Waals surface area contributed by atoms with E-state index in [4.69, 9.17) is 16.3 Å². The van der Waals surface area contributed by atoms with Gasteiger partial charge in [0.05, 0.1) is 12.1 Å². The van der Waals surface area contributed by atoms with Crippen LogP contribution >= 0.6 is 11.6 Å². The van der Waals surface area contributed by atoms with E-state index in [-0.39, 0.29) is 27.4 Å². The van der Waals surface area contributed by atoms with Crippen molar-refractivity contribution in [1.82, 2.24) is 5.32 Å². The van der Waals surface area contributed by atoms with E-state index >= 15 is 0 Å². The van der Waals surface area contributed by atoms with Gasteiger partial charge in [-0.25, -0.2) is 8.42 Å². The molecular weight excluding hydrogens is 376 g/mol. The van der Waals surface area contributed by atoms with Crippen LogP contribution in [0.3, 0.4) is 0 Å². The molecule has 140 valence electrons. The number of carbonyl (C=O) groups excluding carboxylic acids is 1. The Morgan fingerprint density at radius 3 is 2.42 bits per heavy atom. The van der Waals surface area contributed by atoms with Crippen LogP contribution in [0, 0.1) is 0 Å². The van der Waals surface area contributed by atoms with E-state index < -0.39 is 10.0 Å². The number of methoxy groups -OCH3 is 1. The minimum atomic E-state index is -3.96. The van der Waals surface area contributed by atoms with Gasteiger partial charge in [0.25, 0.3) is 15.9 Å². The molecule has 0 spiro atoms. The maximum absolute atomic E-state index is 12.7. The first-order valence-electron chi connectivity index (χ1n) is 8.04. The SMILES string of the molecule is CCC(C)NC(=O)c1ccc(Cl)c(S(=O)(=O)Nc2ccc(OC)cc2)c1. The smallest absolute Gasteiger partial charge is 0.263 e. The van der Waals surface area contributed by atoms with E-state index in [1.54, 1.807) is 24.3 Å². The summed E-state index contributed by atoms with van der Waals surface area (Å²) in [6.45, 7) is 3.82. The number of rotatable bonds is 7. The molecule has 1 unspecified atom stereocenters. The average molecular weight is 397 g/mol. The van der Waals surface area contributed by atoms with Crippen LogP contribution in [0.4, 0.5) is 5.69 Å². The lowest BCUT2D eigenvalue weighted by molar-refractivity contribution is 0.0939. The summed E-state index contributed by atoms with van der Waals surface area (Å²) in [5, 5.41) is 2.83. The molecule has 0 saturated heterocycles. The first kappa shape index (κ1) is 20.1. The molecule has 0 heterocycles. The predicted molar refractivity (Wildman–Crippen MR) is 102 cm³/mol. The Labute approximate surface area is 158 Å². The van der Waals surface area contributed by atoms with E-state index in [9.17, 15) is 13.2 Å². The lowest BCUT2D eigenvalue weighted by Gasteiger charge is -2.14. The summed E-state index contributed by atoms with van der Waals surface area (Å²) in [5.74, 6) is 0.256. The molecule has 0 radical (unpaired) electrons. The summed E-state index contributed by atoms with van der Waals surface area (Å²) in [6, 6.07) is 10.6. The van der Waals surface area contributed by atoms with Gasteiger partial charge in [0, 0.05) is 17.3 Å².